The standard InChI is InChI=1S/C7H3BrClN2/c8-4-1-2-5-6(3-4)11-7(9)10-5/h1-3H. The lowest BCUT2D eigenvalue weighted by molar-refractivity contribution is 1.34. The van der Waals surface area contributed by atoms with Crippen molar-refractivity contribution in [1.29, 1.82) is 0 Å². The number of aliphatic imine (C=N–C) groups is 1. The molecule has 0 fully saturated rings. The van der Waals surface area contributed by atoms with Crippen LogP contribution in [0.4, 0.5) is 11.4 Å². The monoisotopic (exact) mass is 229 g/mol. The molecule has 2 nitrogen and oxygen atoms in total. The molecule has 1 aromatic carbocycles. The maximum absolute atomic E-state index is 5.60. The highest BCUT2D eigenvalue weighted by Crippen LogP contribution is 2.33. The summed E-state index contributed by atoms with van der Waals surface area (Å²) in [6.07, 6.45) is 0. The fraction of sp³-hybridized carbons (Fsp3) is 0. The number of nitrogens with zero attached hydrogens (tertiary/aromatic N) is 2. The van der Waals surface area contributed by atoms with E-state index in [1.54, 1.807) is 0 Å². The Kier molecular flexibility index (Phi) is 1.62. The summed E-state index contributed by atoms with van der Waals surface area (Å²) in [5.74, 6) is 0. The number of halogens is 2. The van der Waals surface area contributed by atoms with E-state index in [0.29, 0.717) is 5.29 Å². The van der Waals surface area contributed by atoms with Crippen LogP contribution in [-0.4, -0.2) is 5.29 Å². The van der Waals surface area contributed by atoms with E-state index in [2.05, 4.69) is 26.2 Å². The first-order valence-electron chi connectivity index (χ1n) is 3.01. The van der Waals surface area contributed by atoms with Crippen LogP contribution in [0.15, 0.2) is 27.7 Å². The molecule has 0 amide bonds. The molecule has 0 spiro atoms. The maximum Gasteiger partial charge on any atom is 0.223 e. The Morgan fingerprint density at radius 2 is 2.09 bits per heavy atom. The van der Waals surface area contributed by atoms with Crippen molar-refractivity contribution in [2.24, 2.45) is 4.99 Å². The Labute approximate surface area is 77.4 Å². The normalized spacial score (nSPS) is 13.8. The van der Waals surface area contributed by atoms with E-state index in [0.717, 1.165) is 15.8 Å². The average molecular weight is 230 g/mol. The highest BCUT2D eigenvalue weighted by Gasteiger charge is 2.12. The number of benzene rings is 1. The molecule has 2 rings (SSSR count). The van der Waals surface area contributed by atoms with Gasteiger partial charge < -0.3 is 0 Å². The number of hydrogen-bond acceptors (Lipinski definition) is 1. The van der Waals surface area contributed by atoms with Gasteiger partial charge in [0.15, 0.2) is 0 Å². The highest BCUT2D eigenvalue weighted by atomic mass is 79.9. The smallest absolute Gasteiger partial charge is 0.216 e. The van der Waals surface area contributed by atoms with Crippen molar-refractivity contribution in [3.63, 3.8) is 0 Å². The van der Waals surface area contributed by atoms with Gasteiger partial charge in [-0.15, -0.1) is 0 Å². The number of hydrogen-bond donors (Lipinski definition) is 0. The van der Waals surface area contributed by atoms with Gasteiger partial charge in [-0.25, -0.2) is 10.3 Å². The topological polar surface area (TPSA) is 26.5 Å². The minimum Gasteiger partial charge on any atom is -0.216 e. The van der Waals surface area contributed by atoms with E-state index in [-0.39, 0.29) is 0 Å². The van der Waals surface area contributed by atoms with Crippen LogP contribution < -0.4 is 5.32 Å². The molecule has 11 heavy (non-hydrogen) atoms. The summed E-state index contributed by atoms with van der Waals surface area (Å²) in [7, 11) is 0. The summed E-state index contributed by atoms with van der Waals surface area (Å²) < 4.78 is 0.988. The minimum atomic E-state index is 0.304. The molecule has 1 aliphatic heterocycles. The summed E-state index contributed by atoms with van der Waals surface area (Å²) in [6.45, 7) is 0. The van der Waals surface area contributed by atoms with Crippen LogP contribution in [0.1, 0.15) is 0 Å². The second kappa shape index (κ2) is 2.50. The summed E-state index contributed by atoms with van der Waals surface area (Å²) in [4.78, 5) is 4.00. The predicted molar refractivity (Wildman–Crippen MR) is 48.9 cm³/mol. The molecule has 0 atom stereocenters. The molecule has 0 aromatic heterocycles. The van der Waals surface area contributed by atoms with Gasteiger partial charge in [0.25, 0.3) is 0 Å². The third kappa shape index (κ3) is 1.26. The molecule has 0 bridgehead atoms. The Bertz CT molecular complexity index is 335. The second-order valence-corrected chi connectivity index (χ2v) is 3.38. The quantitative estimate of drug-likeness (QED) is 0.613. The molecular formula is C7H3BrClN2. The molecule has 55 valence electrons. The van der Waals surface area contributed by atoms with Gasteiger partial charge in [-0.3, -0.25) is 0 Å². The van der Waals surface area contributed by atoms with Crippen molar-refractivity contribution in [1.82, 2.24) is 5.32 Å². The molecule has 1 aromatic rings. The van der Waals surface area contributed by atoms with Crippen LogP contribution in [0.5, 0.6) is 0 Å². The van der Waals surface area contributed by atoms with Gasteiger partial charge in [0.1, 0.15) is 0 Å². The average Bonchev–Trinajstić information content (AvgIpc) is 2.27. The summed E-state index contributed by atoms with van der Waals surface area (Å²) in [6, 6.07) is 5.67. The lowest BCUT2D eigenvalue weighted by Crippen LogP contribution is -1.94. The lowest BCUT2D eigenvalue weighted by atomic mass is 10.3. The van der Waals surface area contributed by atoms with E-state index in [9.17, 15) is 0 Å². The zero-order valence-corrected chi connectivity index (χ0v) is 7.72. The Hall–Kier alpha value is -0.540. The molecule has 1 heterocycles. The fourth-order valence-electron chi connectivity index (χ4n) is 0.904. The Balaban J connectivity index is 2.54. The van der Waals surface area contributed by atoms with E-state index < -0.39 is 0 Å². The van der Waals surface area contributed by atoms with Crippen LogP contribution in [-0.2, 0) is 0 Å². The van der Waals surface area contributed by atoms with E-state index in [1.807, 2.05) is 18.2 Å². The van der Waals surface area contributed by atoms with Gasteiger partial charge in [0.05, 0.1) is 11.4 Å². The summed E-state index contributed by atoms with van der Waals surface area (Å²) in [5.41, 5.74) is 1.66. The van der Waals surface area contributed by atoms with Crippen molar-refractivity contribution < 1.29 is 0 Å². The van der Waals surface area contributed by atoms with Crippen molar-refractivity contribution >= 4 is 44.2 Å². The van der Waals surface area contributed by atoms with Gasteiger partial charge in [0.2, 0.25) is 5.29 Å². The largest absolute Gasteiger partial charge is 0.223 e. The number of amidine groups is 1. The fourth-order valence-corrected chi connectivity index (χ4v) is 1.44. The maximum atomic E-state index is 5.60. The molecule has 0 saturated heterocycles. The third-order valence-electron chi connectivity index (χ3n) is 1.36. The number of fused-ring (bicyclic) bond motifs is 1. The van der Waals surface area contributed by atoms with E-state index >= 15 is 0 Å². The van der Waals surface area contributed by atoms with Crippen LogP contribution in [0.25, 0.3) is 0 Å². The molecule has 4 heteroatoms. The molecule has 0 aliphatic carbocycles. The third-order valence-corrected chi connectivity index (χ3v) is 2.03. The van der Waals surface area contributed by atoms with Crippen LogP contribution >= 0.6 is 27.5 Å². The first kappa shape index (κ1) is 7.13. The van der Waals surface area contributed by atoms with Gasteiger partial charge in [-0.2, -0.15) is 0 Å². The van der Waals surface area contributed by atoms with Crippen molar-refractivity contribution in [2.45, 2.75) is 0 Å². The van der Waals surface area contributed by atoms with Crippen molar-refractivity contribution in [3.05, 3.63) is 22.7 Å². The van der Waals surface area contributed by atoms with E-state index in [1.165, 1.54) is 0 Å². The molecule has 1 aliphatic rings. The number of rotatable bonds is 0. The van der Waals surface area contributed by atoms with Crippen LogP contribution in [0.3, 0.4) is 0 Å². The first-order chi connectivity index (χ1) is 5.25. The first-order valence-corrected chi connectivity index (χ1v) is 4.18. The Morgan fingerprint density at radius 3 is 2.91 bits per heavy atom. The van der Waals surface area contributed by atoms with E-state index in [4.69, 9.17) is 11.6 Å². The minimum absolute atomic E-state index is 0.304. The Morgan fingerprint density at radius 1 is 1.27 bits per heavy atom. The van der Waals surface area contributed by atoms with Gasteiger partial charge >= 0.3 is 0 Å². The molecule has 0 N–H and O–H groups in total. The molecule has 0 saturated carbocycles. The summed E-state index contributed by atoms with van der Waals surface area (Å²) in [5, 5.41) is 4.29. The van der Waals surface area contributed by atoms with Crippen molar-refractivity contribution in [3.8, 4) is 0 Å². The molecular weight excluding hydrogens is 227 g/mol. The second-order valence-electron chi connectivity index (χ2n) is 2.13. The van der Waals surface area contributed by atoms with Gasteiger partial charge in [-0.05, 0) is 29.8 Å². The van der Waals surface area contributed by atoms with Crippen LogP contribution in [0.2, 0.25) is 0 Å². The molecule has 0 unspecified atom stereocenters. The van der Waals surface area contributed by atoms with Crippen molar-refractivity contribution in [2.75, 3.05) is 0 Å². The zero-order valence-electron chi connectivity index (χ0n) is 5.38. The highest BCUT2D eigenvalue weighted by molar-refractivity contribution is 9.10. The predicted octanol–water partition coefficient (Wildman–Crippen LogP) is 2.92. The SMILES string of the molecule is ClC1=Nc2cc(Br)ccc2[N]1. The summed E-state index contributed by atoms with van der Waals surface area (Å²) >= 11 is 8.93. The van der Waals surface area contributed by atoms with Gasteiger partial charge in [0, 0.05) is 4.47 Å². The van der Waals surface area contributed by atoms with Gasteiger partial charge in [-0.1, -0.05) is 15.9 Å². The molecule has 1 radical (unpaired) electrons. The zero-order chi connectivity index (χ0) is 7.84. The van der Waals surface area contributed by atoms with Crippen LogP contribution in [0, 0.1) is 0 Å². The lowest BCUT2D eigenvalue weighted by Gasteiger charge is -1.94.